The van der Waals surface area contributed by atoms with E-state index in [1.54, 1.807) is 25.3 Å². The van der Waals surface area contributed by atoms with Crippen molar-refractivity contribution in [1.82, 2.24) is 5.32 Å². The van der Waals surface area contributed by atoms with Crippen LogP contribution in [-0.2, 0) is 4.79 Å². The monoisotopic (exact) mass is 472 g/mol. The third-order valence-corrected chi connectivity index (χ3v) is 7.63. The molecule has 2 bridgehead atoms. The molecule has 3 aromatic rings. The molecule has 0 saturated heterocycles. The molecular formula is C29H32N2O4. The van der Waals surface area contributed by atoms with Gasteiger partial charge in [0.25, 0.3) is 11.8 Å². The van der Waals surface area contributed by atoms with E-state index in [9.17, 15) is 9.59 Å². The van der Waals surface area contributed by atoms with E-state index in [2.05, 4.69) is 17.6 Å². The summed E-state index contributed by atoms with van der Waals surface area (Å²) in [6.45, 7) is 1.96. The number of carbonyl (C=O) groups is 2. The van der Waals surface area contributed by atoms with Crippen LogP contribution in [0.3, 0.4) is 0 Å². The van der Waals surface area contributed by atoms with E-state index in [1.165, 1.54) is 25.7 Å². The topological polar surface area (TPSA) is 76.7 Å². The van der Waals surface area contributed by atoms with E-state index in [-0.39, 0.29) is 24.5 Å². The molecular weight excluding hydrogens is 440 g/mol. The van der Waals surface area contributed by atoms with E-state index in [1.807, 2.05) is 42.5 Å². The van der Waals surface area contributed by atoms with Crippen molar-refractivity contribution in [2.24, 2.45) is 17.8 Å². The van der Waals surface area contributed by atoms with E-state index < -0.39 is 0 Å². The standard InChI is InChI=1S/C29H32N2O4/c1-18(23-14-19-11-12-22(23)13-19)30-28(32)17-35-27-16-21-8-4-3-7-20(21)15-24(27)29(33)31-25-9-5-6-10-26(25)34-2/h3-10,15-16,18-19,22-23H,11-14,17H2,1-2H3,(H,30,32)(H,31,33)/t18-,19+,22+,23+/m1/s1. The molecule has 2 aliphatic rings. The zero-order valence-corrected chi connectivity index (χ0v) is 20.3. The number of anilines is 1. The van der Waals surface area contributed by atoms with Gasteiger partial charge >= 0.3 is 0 Å². The molecule has 2 fully saturated rings. The molecule has 35 heavy (non-hydrogen) atoms. The number of fused-ring (bicyclic) bond motifs is 3. The van der Waals surface area contributed by atoms with E-state index in [0.717, 1.165) is 22.6 Å². The molecule has 182 valence electrons. The molecule has 6 heteroatoms. The van der Waals surface area contributed by atoms with Crippen molar-refractivity contribution in [3.05, 3.63) is 66.2 Å². The van der Waals surface area contributed by atoms with Crippen LogP contribution in [0, 0.1) is 17.8 Å². The number of hydrogen-bond acceptors (Lipinski definition) is 4. The lowest BCUT2D eigenvalue weighted by atomic mass is 9.84. The minimum atomic E-state index is -0.328. The minimum absolute atomic E-state index is 0.131. The van der Waals surface area contributed by atoms with Gasteiger partial charge in [0.1, 0.15) is 11.5 Å². The normalized spacial score (nSPS) is 21.5. The second-order valence-corrected chi connectivity index (χ2v) is 9.83. The quantitative estimate of drug-likeness (QED) is 0.459. The highest BCUT2D eigenvalue weighted by Crippen LogP contribution is 2.49. The van der Waals surface area contributed by atoms with Gasteiger partial charge in [-0.05, 0) is 79.0 Å². The van der Waals surface area contributed by atoms with Crippen LogP contribution in [0.2, 0.25) is 0 Å². The van der Waals surface area contributed by atoms with Crippen molar-refractivity contribution in [3.63, 3.8) is 0 Å². The molecule has 0 spiro atoms. The number of nitrogens with one attached hydrogen (secondary N) is 2. The molecule has 4 atom stereocenters. The largest absolute Gasteiger partial charge is 0.495 e. The van der Waals surface area contributed by atoms with Gasteiger partial charge in [-0.1, -0.05) is 42.8 Å². The minimum Gasteiger partial charge on any atom is -0.495 e. The fourth-order valence-corrected chi connectivity index (χ4v) is 5.91. The Morgan fingerprint density at radius 2 is 1.71 bits per heavy atom. The molecule has 5 rings (SSSR count). The van der Waals surface area contributed by atoms with Crippen molar-refractivity contribution in [1.29, 1.82) is 0 Å². The molecule has 2 aliphatic carbocycles. The fourth-order valence-electron chi connectivity index (χ4n) is 5.91. The molecule has 0 aromatic heterocycles. The summed E-state index contributed by atoms with van der Waals surface area (Å²) in [5.41, 5.74) is 0.931. The van der Waals surface area contributed by atoms with Gasteiger partial charge in [0.15, 0.2) is 6.61 Å². The maximum absolute atomic E-state index is 13.3. The first-order valence-corrected chi connectivity index (χ1v) is 12.4. The first-order valence-electron chi connectivity index (χ1n) is 12.4. The SMILES string of the molecule is COc1ccccc1NC(=O)c1cc2ccccc2cc1OCC(=O)N[C@H](C)[C@@H]1C[C@H]2CC[C@H]1C2. The third-order valence-electron chi connectivity index (χ3n) is 7.63. The Labute approximate surface area is 206 Å². The van der Waals surface area contributed by atoms with E-state index in [4.69, 9.17) is 9.47 Å². The number of carbonyl (C=O) groups excluding carboxylic acids is 2. The van der Waals surface area contributed by atoms with E-state index in [0.29, 0.717) is 28.7 Å². The van der Waals surface area contributed by atoms with Crippen LogP contribution in [0.4, 0.5) is 5.69 Å². The van der Waals surface area contributed by atoms with Crippen LogP contribution in [0.15, 0.2) is 60.7 Å². The molecule has 0 aliphatic heterocycles. The van der Waals surface area contributed by atoms with Crippen molar-refractivity contribution in [2.75, 3.05) is 19.0 Å². The smallest absolute Gasteiger partial charge is 0.259 e. The number of methoxy groups -OCH3 is 1. The summed E-state index contributed by atoms with van der Waals surface area (Å²) in [5, 5.41) is 7.90. The van der Waals surface area contributed by atoms with Crippen LogP contribution in [0.25, 0.3) is 10.8 Å². The molecule has 2 N–H and O–H groups in total. The van der Waals surface area contributed by atoms with Gasteiger partial charge in [-0.3, -0.25) is 9.59 Å². The number of ether oxygens (including phenoxy) is 2. The summed E-state index contributed by atoms with van der Waals surface area (Å²) in [6, 6.07) is 18.8. The summed E-state index contributed by atoms with van der Waals surface area (Å²) >= 11 is 0. The lowest BCUT2D eigenvalue weighted by Crippen LogP contribution is -2.42. The van der Waals surface area contributed by atoms with Gasteiger partial charge < -0.3 is 20.1 Å². The average Bonchev–Trinajstić information content (AvgIpc) is 3.51. The van der Waals surface area contributed by atoms with Crippen molar-refractivity contribution in [2.45, 2.75) is 38.6 Å². The molecule has 6 nitrogen and oxygen atoms in total. The Kier molecular flexibility index (Phi) is 6.62. The summed E-state index contributed by atoms with van der Waals surface area (Å²) in [6.07, 6.45) is 5.15. The summed E-state index contributed by atoms with van der Waals surface area (Å²) in [7, 11) is 1.56. The second-order valence-electron chi connectivity index (χ2n) is 9.83. The predicted molar refractivity (Wildman–Crippen MR) is 137 cm³/mol. The third kappa shape index (κ3) is 4.97. The fraction of sp³-hybridized carbons (Fsp3) is 0.379. The first-order chi connectivity index (χ1) is 17.0. The molecule has 0 radical (unpaired) electrons. The number of amides is 2. The summed E-state index contributed by atoms with van der Waals surface area (Å²) < 4.78 is 11.3. The van der Waals surface area contributed by atoms with Crippen LogP contribution in [0.1, 0.15) is 43.0 Å². The van der Waals surface area contributed by atoms with Gasteiger partial charge in [0, 0.05) is 6.04 Å². The van der Waals surface area contributed by atoms with Crippen LogP contribution in [-0.4, -0.2) is 31.6 Å². The van der Waals surface area contributed by atoms with Crippen LogP contribution >= 0.6 is 0 Å². The van der Waals surface area contributed by atoms with E-state index >= 15 is 0 Å². The van der Waals surface area contributed by atoms with Gasteiger partial charge in [-0.15, -0.1) is 0 Å². The predicted octanol–water partition coefficient (Wildman–Crippen LogP) is 5.42. The highest BCUT2D eigenvalue weighted by molar-refractivity contribution is 6.09. The van der Waals surface area contributed by atoms with Gasteiger partial charge in [-0.25, -0.2) is 0 Å². The Balaban J connectivity index is 1.31. The molecule has 3 aromatic carbocycles. The highest BCUT2D eigenvalue weighted by atomic mass is 16.5. The van der Waals surface area contributed by atoms with Crippen molar-refractivity contribution >= 4 is 28.3 Å². The molecule has 2 saturated carbocycles. The molecule has 0 heterocycles. The van der Waals surface area contributed by atoms with Gasteiger partial charge in [-0.2, -0.15) is 0 Å². The maximum Gasteiger partial charge on any atom is 0.259 e. The first kappa shape index (κ1) is 23.2. The average molecular weight is 473 g/mol. The number of rotatable bonds is 8. The zero-order valence-electron chi connectivity index (χ0n) is 20.3. The second kappa shape index (κ2) is 9.98. The summed E-state index contributed by atoms with van der Waals surface area (Å²) in [5.74, 6) is 2.58. The van der Waals surface area contributed by atoms with Crippen LogP contribution in [0.5, 0.6) is 11.5 Å². The number of benzene rings is 3. The highest BCUT2D eigenvalue weighted by Gasteiger charge is 2.42. The Bertz CT molecular complexity index is 1240. The molecule has 0 unspecified atom stereocenters. The van der Waals surface area contributed by atoms with Crippen molar-refractivity contribution in [3.8, 4) is 11.5 Å². The number of hydrogen-bond donors (Lipinski definition) is 2. The maximum atomic E-state index is 13.3. The Hall–Kier alpha value is -3.54. The van der Waals surface area contributed by atoms with Crippen LogP contribution < -0.4 is 20.1 Å². The summed E-state index contributed by atoms with van der Waals surface area (Å²) in [4.78, 5) is 26.0. The van der Waals surface area contributed by atoms with Gasteiger partial charge in [0.05, 0.1) is 18.4 Å². The van der Waals surface area contributed by atoms with Gasteiger partial charge in [0.2, 0.25) is 0 Å². The Morgan fingerprint density at radius 1 is 0.971 bits per heavy atom. The number of para-hydroxylation sites is 2. The lowest BCUT2D eigenvalue weighted by molar-refractivity contribution is -0.124. The van der Waals surface area contributed by atoms with Crippen molar-refractivity contribution < 1.29 is 19.1 Å². The lowest BCUT2D eigenvalue weighted by Gasteiger charge is -2.28. The zero-order chi connectivity index (χ0) is 24.4. The Morgan fingerprint density at radius 3 is 2.43 bits per heavy atom. The molecule has 2 amide bonds.